The number of aromatic nitrogens is 3. The Morgan fingerprint density at radius 2 is 1.84 bits per heavy atom. The van der Waals surface area contributed by atoms with Gasteiger partial charge in [0.25, 0.3) is 5.69 Å². The van der Waals surface area contributed by atoms with E-state index in [-0.39, 0.29) is 18.0 Å². The van der Waals surface area contributed by atoms with Crippen LogP contribution in [-0.2, 0) is 11.2 Å². The van der Waals surface area contributed by atoms with E-state index in [1.165, 1.54) is 19.2 Å². The Balaban J connectivity index is 1.67. The third-order valence-corrected chi connectivity index (χ3v) is 4.75. The van der Waals surface area contributed by atoms with Crippen molar-refractivity contribution in [1.82, 2.24) is 14.8 Å². The Kier molecular flexibility index (Phi) is 5.89. The zero-order chi connectivity index (χ0) is 22.5. The van der Waals surface area contributed by atoms with Crippen LogP contribution < -0.4 is 10.1 Å². The highest BCUT2D eigenvalue weighted by atomic mass is 16.6. The number of ether oxygens (including phenoxy) is 1. The first kappa shape index (κ1) is 20.7. The fourth-order valence-corrected chi connectivity index (χ4v) is 3.25. The first-order chi connectivity index (χ1) is 15.5. The van der Waals surface area contributed by atoms with Crippen molar-refractivity contribution in [2.45, 2.75) is 6.42 Å². The minimum atomic E-state index is -0.456. The highest BCUT2D eigenvalue weighted by Crippen LogP contribution is 2.27. The second kappa shape index (κ2) is 9.09. The number of amides is 1. The van der Waals surface area contributed by atoms with Gasteiger partial charge in [-0.3, -0.25) is 14.9 Å². The number of para-hydroxylation sites is 1. The summed E-state index contributed by atoms with van der Waals surface area (Å²) in [5, 5.41) is 18.5. The molecule has 0 fully saturated rings. The summed E-state index contributed by atoms with van der Waals surface area (Å²) in [7, 11) is 1.48. The number of methoxy groups -OCH3 is 1. The standard InChI is InChI=1S/C23H19N5O4/c1-32-23-20(8-5-13-24-23)25-21(29)14-17-15-27(18-6-3-2-4-7-18)26-22(17)16-9-11-19(12-10-16)28(30)31/h2-13,15H,14H2,1H3,(H,25,29). The Hall–Kier alpha value is -4.53. The summed E-state index contributed by atoms with van der Waals surface area (Å²) in [5.74, 6) is 0.0449. The summed E-state index contributed by atoms with van der Waals surface area (Å²) in [6.45, 7) is 0. The lowest BCUT2D eigenvalue weighted by Gasteiger charge is -2.08. The highest BCUT2D eigenvalue weighted by molar-refractivity contribution is 5.94. The van der Waals surface area contributed by atoms with Crippen molar-refractivity contribution in [3.8, 4) is 22.8 Å². The lowest BCUT2D eigenvalue weighted by Crippen LogP contribution is -2.15. The van der Waals surface area contributed by atoms with Crippen LogP contribution in [0.4, 0.5) is 11.4 Å². The Labute approximate surface area is 183 Å². The molecule has 2 aromatic heterocycles. The molecule has 0 aliphatic carbocycles. The van der Waals surface area contributed by atoms with Crippen LogP contribution in [-0.4, -0.2) is 32.7 Å². The Morgan fingerprint density at radius 3 is 2.53 bits per heavy atom. The molecule has 9 nitrogen and oxygen atoms in total. The molecule has 0 atom stereocenters. The second-order valence-corrected chi connectivity index (χ2v) is 6.87. The molecule has 1 N–H and O–H groups in total. The molecule has 0 spiro atoms. The van der Waals surface area contributed by atoms with Gasteiger partial charge in [0.1, 0.15) is 5.69 Å². The van der Waals surface area contributed by atoms with E-state index in [9.17, 15) is 14.9 Å². The van der Waals surface area contributed by atoms with E-state index in [0.29, 0.717) is 28.4 Å². The molecule has 0 saturated heterocycles. The number of anilines is 1. The third kappa shape index (κ3) is 4.46. The molecule has 32 heavy (non-hydrogen) atoms. The molecule has 0 aliphatic heterocycles. The molecule has 2 aromatic carbocycles. The first-order valence-corrected chi connectivity index (χ1v) is 9.73. The van der Waals surface area contributed by atoms with Gasteiger partial charge in [0, 0.05) is 35.7 Å². The van der Waals surface area contributed by atoms with E-state index in [1.54, 1.807) is 41.3 Å². The molecule has 4 aromatic rings. The van der Waals surface area contributed by atoms with Crippen LogP contribution in [0.3, 0.4) is 0 Å². The lowest BCUT2D eigenvalue weighted by molar-refractivity contribution is -0.384. The van der Waals surface area contributed by atoms with Gasteiger partial charge < -0.3 is 10.1 Å². The zero-order valence-corrected chi connectivity index (χ0v) is 17.1. The molecule has 0 aliphatic rings. The van der Waals surface area contributed by atoms with Crippen molar-refractivity contribution in [3.05, 3.63) is 94.8 Å². The molecule has 160 valence electrons. The van der Waals surface area contributed by atoms with Crippen LogP contribution >= 0.6 is 0 Å². The number of nitro benzene ring substituents is 1. The minimum absolute atomic E-state index is 0.0146. The van der Waals surface area contributed by atoms with Crippen molar-refractivity contribution in [2.24, 2.45) is 0 Å². The number of nitrogens with zero attached hydrogens (tertiary/aromatic N) is 4. The number of nitrogens with one attached hydrogen (secondary N) is 1. The van der Waals surface area contributed by atoms with Crippen LogP contribution in [0.2, 0.25) is 0 Å². The van der Waals surface area contributed by atoms with Crippen molar-refractivity contribution >= 4 is 17.3 Å². The van der Waals surface area contributed by atoms with Crippen molar-refractivity contribution in [1.29, 1.82) is 0 Å². The monoisotopic (exact) mass is 429 g/mol. The Morgan fingerprint density at radius 1 is 1.09 bits per heavy atom. The second-order valence-electron chi connectivity index (χ2n) is 6.87. The average molecular weight is 429 g/mol. The normalized spacial score (nSPS) is 10.5. The number of hydrogen-bond donors (Lipinski definition) is 1. The smallest absolute Gasteiger partial charge is 0.269 e. The molecule has 0 unspecified atom stereocenters. The van der Waals surface area contributed by atoms with Crippen molar-refractivity contribution in [3.63, 3.8) is 0 Å². The number of carbonyl (C=O) groups excluding carboxylic acids is 1. The SMILES string of the molecule is COc1ncccc1NC(=O)Cc1cn(-c2ccccc2)nc1-c1ccc([N+](=O)[O-])cc1. The molecular formula is C23H19N5O4. The maximum atomic E-state index is 12.8. The molecule has 0 radical (unpaired) electrons. The molecule has 9 heteroatoms. The Bertz CT molecular complexity index is 1250. The topological polar surface area (TPSA) is 112 Å². The van der Waals surface area contributed by atoms with Gasteiger partial charge in [0.05, 0.1) is 29.8 Å². The van der Waals surface area contributed by atoms with Gasteiger partial charge in [-0.15, -0.1) is 0 Å². The summed E-state index contributed by atoms with van der Waals surface area (Å²) < 4.78 is 6.87. The van der Waals surface area contributed by atoms with E-state index in [4.69, 9.17) is 4.74 Å². The molecule has 0 bridgehead atoms. The predicted molar refractivity (Wildman–Crippen MR) is 119 cm³/mol. The number of pyridine rings is 1. The van der Waals surface area contributed by atoms with E-state index in [1.807, 2.05) is 30.3 Å². The fraction of sp³-hybridized carbons (Fsp3) is 0.0870. The van der Waals surface area contributed by atoms with Gasteiger partial charge >= 0.3 is 0 Å². The van der Waals surface area contributed by atoms with Gasteiger partial charge in [0.15, 0.2) is 0 Å². The maximum absolute atomic E-state index is 12.8. The molecular weight excluding hydrogens is 410 g/mol. The van der Waals surface area contributed by atoms with E-state index in [2.05, 4.69) is 15.4 Å². The molecule has 1 amide bonds. The maximum Gasteiger partial charge on any atom is 0.269 e. The number of rotatable bonds is 7. The predicted octanol–water partition coefficient (Wildman–Crippen LogP) is 4.03. The van der Waals surface area contributed by atoms with E-state index >= 15 is 0 Å². The summed E-state index contributed by atoms with van der Waals surface area (Å²) in [5.41, 5.74) is 3.19. The van der Waals surface area contributed by atoms with Gasteiger partial charge in [-0.05, 0) is 36.4 Å². The number of non-ortho nitro benzene ring substituents is 1. The number of carbonyl (C=O) groups is 1. The summed E-state index contributed by atoms with van der Waals surface area (Å²) >= 11 is 0. The van der Waals surface area contributed by atoms with Crippen molar-refractivity contribution in [2.75, 3.05) is 12.4 Å². The minimum Gasteiger partial charge on any atom is -0.480 e. The van der Waals surface area contributed by atoms with Crippen LogP contribution in [0.25, 0.3) is 16.9 Å². The molecule has 4 rings (SSSR count). The van der Waals surface area contributed by atoms with Gasteiger partial charge in [-0.25, -0.2) is 9.67 Å². The van der Waals surface area contributed by atoms with Crippen LogP contribution in [0.5, 0.6) is 5.88 Å². The first-order valence-electron chi connectivity index (χ1n) is 9.73. The summed E-state index contributed by atoms with van der Waals surface area (Å²) in [4.78, 5) is 27.4. The number of hydrogen-bond acceptors (Lipinski definition) is 6. The highest BCUT2D eigenvalue weighted by Gasteiger charge is 2.17. The quantitative estimate of drug-likeness (QED) is 0.351. The van der Waals surface area contributed by atoms with Gasteiger partial charge in [-0.1, -0.05) is 18.2 Å². The summed E-state index contributed by atoms with van der Waals surface area (Å²) in [6, 6.07) is 19.0. The van der Waals surface area contributed by atoms with Crippen LogP contribution in [0.1, 0.15) is 5.56 Å². The third-order valence-electron chi connectivity index (χ3n) is 4.75. The molecule has 2 heterocycles. The van der Waals surface area contributed by atoms with Crippen molar-refractivity contribution < 1.29 is 14.5 Å². The van der Waals surface area contributed by atoms with Gasteiger partial charge in [-0.2, -0.15) is 5.10 Å². The van der Waals surface area contributed by atoms with E-state index < -0.39 is 4.92 Å². The largest absolute Gasteiger partial charge is 0.480 e. The lowest BCUT2D eigenvalue weighted by atomic mass is 10.1. The average Bonchev–Trinajstić information content (AvgIpc) is 3.23. The van der Waals surface area contributed by atoms with E-state index in [0.717, 1.165) is 5.69 Å². The molecule has 0 saturated carbocycles. The van der Waals surface area contributed by atoms with Gasteiger partial charge in [0.2, 0.25) is 11.8 Å². The number of nitro groups is 1. The fourth-order valence-electron chi connectivity index (χ4n) is 3.25. The number of benzene rings is 2. The zero-order valence-electron chi connectivity index (χ0n) is 17.1. The van der Waals surface area contributed by atoms with Crippen LogP contribution in [0, 0.1) is 10.1 Å². The summed E-state index contributed by atoms with van der Waals surface area (Å²) in [6.07, 6.45) is 3.40. The van der Waals surface area contributed by atoms with Crippen LogP contribution in [0.15, 0.2) is 79.1 Å².